The molecule has 5 heteroatoms. The van der Waals surface area contributed by atoms with Gasteiger partial charge in [0, 0.05) is 25.0 Å². The molecule has 3 N–H and O–H groups in total. The van der Waals surface area contributed by atoms with E-state index in [-0.39, 0.29) is 5.84 Å². The summed E-state index contributed by atoms with van der Waals surface area (Å²) in [6.07, 6.45) is 2.90. The van der Waals surface area contributed by atoms with Gasteiger partial charge in [0.25, 0.3) is 0 Å². The lowest BCUT2D eigenvalue weighted by atomic mass is 9.80. The van der Waals surface area contributed by atoms with E-state index in [1.54, 1.807) is 6.20 Å². The molecule has 5 nitrogen and oxygen atoms in total. The number of amidine groups is 1. The third kappa shape index (κ3) is 2.97. The molecule has 1 unspecified atom stereocenters. The molecule has 0 aliphatic carbocycles. The Bertz CT molecular complexity index is 479. The molecule has 0 aromatic carbocycles. The van der Waals surface area contributed by atoms with Gasteiger partial charge in [-0.05, 0) is 29.9 Å². The molecule has 104 valence electrons. The van der Waals surface area contributed by atoms with E-state index in [1.165, 1.54) is 6.42 Å². The van der Waals surface area contributed by atoms with E-state index < -0.39 is 0 Å². The maximum Gasteiger partial charge on any atom is 0.188 e. The summed E-state index contributed by atoms with van der Waals surface area (Å²) in [7, 11) is 0. The van der Waals surface area contributed by atoms with Gasteiger partial charge in [-0.3, -0.25) is 4.98 Å². The van der Waals surface area contributed by atoms with Crippen LogP contribution in [0.3, 0.4) is 0 Å². The lowest BCUT2D eigenvalue weighted by Crippen LogP contribution is -2.26. The molecule has 0 radical (unpaired) electrons. The van der Waals surface area contributed by atoms with Crippen LogP contribution in [0.4, 0.5) is 5.69 Å². The minimum Gasteiger partial charge on any atom is -0.409 e. The van der Waals surface area contributed by atoms with Crippen LogP contribution in [0, 0.1) is 11.3 Å². The quantitative estimate of drug-likeness (QED) is 0.370. The SMILES string of the molecule is CC(C)(C)C1CCN(c2ccnc(/C(N)=N/O)c2)C1. The van der Waals surface area contributed by atoms with Crippen molar-refractivity contribution in [2.24, 2.45) is 22.2 Å². The van der Waals surface area contributed by atoms with E-state index in [1.807, 2.05) is 12.1 Å². The van der Waals surface area contributed by atoms with Crippen molar-refractivity contribution < 1.29 is 5.21 Å². The topological polar surface area (TPSA) is 74.7 Å². The van der Waals surface area contributed by atoms with Gasteiger partial charge in [-0.15, -0.1) is 0 Å². The first-order valence-electron chi connectivity index (χ1n) is 6.60. The summed E-state index contributed by atoms with van der Waals surface area (Å²) in [6.45, 7) is 8.95. The van der Waals surface area contributed by atoms with E-state index in [0.717, 1.165) is 18.8 Å². The van der Waals surface area contributed by atoms with Crippen LogP contribution in [0.5, 0.6) is 0 Å². The number of aromatic nitrogens is 1. The molecule has 1 aromatic heterocycles. The monoisotopic (exact) mass is 262 g/mol. The molecule has 1 atom stereocenters. The van der Waals surface area contributed by atoms with Gasteiger partial charge in [0.1, 0.15) is 5.69 Å². The Balaban J connectivity index is 2.16. The summed E-state index contributed by atoms with van der Waals surface area (Å²) in [5, 5.41) is 11.7. The molecule has 1 fully saturated rings. The van der Waals surface area contributed by atoms with Crippen LogP contribution in [0.1, 0.15) is 32.9 Å². The third-order valence-electron chi connectivity index (χ3n) is 3.89. The van der Waals surface area contributed by atoms with Crippen LogP contribution < -0.4 is 10.6 Å². The normalized spacial score (nSPS) is 20.9. The highest BCUT2D eigenvalue weighted by Crippen LogP contribution is 2.35. The zero-order valence-electron chi connectivity index (χ0n) is 11.8. The summed E-state index contributed by atoms with van der Waals surface area (Å²) in [4.78, 5) is 6.45. The first-order chi connectivity index (χ1) is 8.91. The molecule has 0 saturated carbocycles. The lowest BCUT2D eigenvalue weighted by molar-refractivity contribution is 0.263. The third-order valence-corrected chi connectivity index (χ3v) is 3.89. The Morgan fingerprint density at radius 3 is 2.84 bits per heavy atom. The molecule has 1 aliphatic heterocycles. The van der Waals surface area contributed by atoms with Gasteiger partial charge in [-0.2, -0.15) is 0 Å². The lowest BCUT2D eigenvalue weighted by Gasteiger charge is -2.27. The first-order valence-corrected chi connectivity index (χ1v) is 6.60. The highest BCUT2D eigenvalue weighted by Gasteiger charge is 2.31. The van der Waals surface area contributed by atoms with E-state index in [4.69, 9.17) is 10.9 Å². The largest absolute Gasteiger partial charge is 0.409 e. The summed E-state index contributed by atoms with van der Waals surface area (Å²) in [5.41, 5.74) is 7.51. The number of hydrogen-bond acceptors (Lipinski definition) is 4. The minimum atomic E-state index is 0.0495. The van der Waals surface area contributed by atoms with Crippen LogP contribution in [0.15, 0.2) is 23.5 Å². The molecule has 19 heavy (non-hydrogen) atoms. The van der Waals surface area contributed by atoms with Crippen molar-refractivity contribution >= 4 is 11.5 Å². The van der Waals surface area contributed by atoms with Gasteiger partial charge in [0.2, 0.25) is 0 Å². The molecule has 0 spiro atoms. The number of nitrogens with two attached hydrogens (primary N) is 1. The fourth-order valence-electron chi connectivity index (χ4n) is 2.51. The maximum atomic E-state index is 8.70. The molecular formula is C14H22N4O. The first kappa shape index (κ1) is 13.6. The second-order valence-corrected chi connectivity index (χ2v) is 6.18. The van der Waals surface area contributed by atoms with Crippen LogP contribution >= 0.6 is 0 Å². The summed E-state index contributed by atoms with van der Waals surface area (Å²) in [6, 6.07) is 3.85. The van der Waals surface area contributed by atoms with Crippen molar-refractivity contribution in [3.05, 3.63) is 24.0 Å². The zero-order valence-corrected chi connectivity index (χ0v) is 11.8. The van der Waals surface area contributed by atoms with Crippen molar-refractivity contribution in [1.29, 1.82) is 0 Å². The fraction of sp³-hybridized carbons (Fsp3) is 0.571. The number of hydrogen-bond donors (Lipinski definition) is 2. The second kappa shape index (κ2) is 5.07. The summed E-state index contributed by atoms with van der Waals surface area (Å²) in [5.74, 6) is 0.737. The van der Waals surface area contributed by atoms with Gasteiger partial charge < -0.3 is 15.8 Å². The Kier molecular flexibility index (Phi) is 3.64. The number of rotatable bonds is 2. The van der Waals surface area contributed by atoms with E-state index >= 15 is 0 Å². The van der Waals surface area contributed by atoms with Gasteiger partial charge in [0.15, 0.2) is 5.84 Å². The van der Waals surface area contributed by atoms with Crippen molar-refractivity contribution in [3.63, 3.8) is 0 Å². The Morgan fingerprint density at radius 2 is 2.26 bits per heavy atom. The zero-order chi connectivity index (χ0) is 14.0. The van der Waals surface area contributed by atoms with Crippen molar-refractivity contribution in [2.45, 2.75) is 27.2 Å². The van der Waals surface area contributed by atoms with Crippen molar-refractivity contribution in [3.8, 4) is 0 Å². The van der Waals surface area contributed by atoms with Crippen LogP contribution in [0.25, 0.3) is 0 Å². The Labute approximate surface area is 114 Å². The number of oxime groups is 1. The van der Waals surface area contributed by atoms with Crippen molar-refractivity contribution in [1.82, 2.24) is 4.98 Å². The minimum absolute atomic E-state index is 0.0495. The molecular weight excluding hydrogens is 240 g/mol. The van der Waals surface area contributed by atoms with E-state index in [2.05, 4.69) is 35.8 Å². The molecule has 2 heterocycles. The molecule has 0 bridgehead atoms. The van der Waals surface area contributed by atoms with Crippen LogP contribution in [0.2, 0.25) is 0 Å². The predicted molar refractivity (Wildman–Crippen MR) is 76.5 cm³/mol. The Morgan fingerprint density at radius 1 is 1.53 bits per heavy atom. The predicted octanol–water partition coefficient (Wildman–Crippen LogP) is 2.05. The highest BCUT2D eigenvalue weighted by molar-refractivity contribution is 5.95. The number of nitrogens with zero attached hydrogens (tertiary/aromatic N) is 3. The highest BCUT2D eigenvalue weighted by atomic mass is 16.4. The molecule has 1 saturated heterocycles. The number of pyridine rings is 1. The fourth-order valence-corrected chi connectivity index (χ4v) is 2.51. The standard InChI is InChI=1S/C14H22N4O/c1-14(2,3)10-5-7-18(9-10)11-4-6-16-12(8-11)13(15)17-19/h4,6,8,10,19H,5,7,9H2,1-3H3,(H2,15,17). The number of anilines is 1. The average molecular weight is 262 g/mol. The van der Waals surface area contributed by atoms with Crippen molar-refractivity contribution in [2.75, 3.05) is 18.0 Å². The molecule has 0 amide bonds. The van der Waals surface area contributed by atoms with E-state index in [9.17, 15) is 0 Å². The molecule has 2 rings (SSSR count). The van der Waals surface area contributed by atoms with Gasteiger partial charge >= 0.3 is 0 Å². The smallest absolute Gasteiger partial charge is 0.188 e. The second-order valence-electron chi connectivity index (χ2n) is 6.18. The average Bonchev–Trinajstić information content (AvgIpc) is 2.87. The Hall–Kier alpha value is -1.78. The molecule has 1 aromatic rings. The summed E-state index contributed by atoms with van der Waals surface area (Å²) >= 11 is 0. The van der Waals surface area contributed by atoms with Crippen LogP contribution in [-0.2, 0) is 0 Å². The molecule has 1 aliphatic rings. The summed E-state index contributed by atoms with van der Waals surface area (Å²) < 4.78 is 0. The van der Waals surface area contributed by atoms with Gasteiger partial charge in [0.05, 0.1) is 0 Å². The van der Waals surface area contributed by atoms with E-state index in [0.29, 0.717) is 17.0 Å². The van der Waals surface area contributed by atoms with Crippen LogP contribution in [-0.4, -0.2) is 29.1 Å². The van der Waals surface area contributed by atoms with Gasteiger partial charge in [-0.1, -0.05) is 25.9 Å². The van der Waals surface area contributed by atoms with Gasteiger partial charge in [-0.25, -0.2) is 0 Å². The maximum absolute atomic E-state index is 8.70.